The van der Waals surface area contributed by atoms with E-state index in [1.54, 1.807) is 24.3 Å². The third-order valence-electron chi connectivity index (χ3n) is 4.48. The molecule has 0 aromatic heterocycles. The minimum absolute atomic E-state index is 0.0481. The molecule has 0 bridgehead atoms. The fourth-order valence-electron chi connectivity index (χ4n) is 2.84. The summed E-state index contributed by atoms with van der Waals surface area (Å²) in [6, 6.07) is 14.2. The lowest BCUT2D eigenvalue weighted by atomic mass is 9.95. The number of benzene rings is 2. The molecule has 2 N–H and O–H groups in total. The average molecular weight is 344 g/mol. The molecule has 2 aromatic rings. The Hall–Kier alpha value is -2.33. The molecule has 2 aromatic carbocycles. The average Bonchev–Trinajstić information content (AvgIpc) is 3.38. The van der Waals surface area contributed by atoms with Crippen LogP contribution in [0.1, 0.15) is 34.3 Å². The second-order valence-corrected chi connectivity index (χ2v) is 6.53. The van der Waals surface area contributed by atoms with Gasteiger partial charge in [-0.05, 0) is 54.7 Å². The van der Waals surface area contributed by atoms with Gasteiger partial charge in [-0.2, -0.15) is 0 Å². The van der Waals surface area contributed by atoms with Crippen molar-refractivity contribution in [3.05, 3.63) is 70.2 Å². The van der Waals surface area contributed by atoms with Crippen LogP contribution in [-0.4, -0.2) is 23.5 Å². The molecule has 1 saturated carbocycles. The number of amides is 1. The predicted molar refractivity (Wildman–Crippen MR) is 92.5 cm³/mol. The largest absolute Gasteiger partial charge is 0.478 e. The van der Waals surface area contributed by atoms with Gasteiger partial charge < -0.3 is 10.4 Å². The van der Waals surface area contributed by atoms with Crippen LogP contribution in [0.2, 0.25) is 5.02 Å². The van der Waals surface area contributed by atoms with E-state index in [2.05, 4.69) is 5.32 Å². The van der Waals surface area contributed by atoms with E-state index in [1.807, 2.05) is 24.3 Å². The number of rotatable bonds is 6. The summed E-state index contributed by atoms with van der Waals surface area (Å²) >= 11 is 5.91. The van der Waals surface area contributed by atoms with Gasteiger partial charge in [0.25, 0.3) is 0 Å². The molecule has 0 radical (unpaired) electrons. The van der Waals surface area contributed by atoms with Crippen LogP contribution in [0.4, 0.5) is 0 Å². The summed E-state index contributed by atoms with van der Waals surface area (Å²) in [5, 5.41) is 12.5. The topological polar surface area (TPSA) is 66.4 Å². The molecule has 1 aliphatic carbocycles. The van der Waals surface area contributed by atoms with Gasteiger partial charge in [0.1, 0.15) is 0 Å². The Morgan fingerprint density at radius 2 is 1.67 bits per heavy atom. The number of nitrogens with one attached hydrogen (secondary N) is 1. The zero-order valence-corrected chi connectivity index (χ0v) is 13.8. The van der Waals surface area contributed by atoms with Crippen molar-refractivity contribution in [2.45, 2.75) is 24.7 Å². The van der Waals surface area contributed by atoms with E-state index in [4.69, 9.17) is 16.7 Å². The fraction of sp³-hybridized carbons (Fsp3) is 0.263. The number of aromatic carboxylic acids is 1. The van der Waals surface area contributed by atoms with E-state index in [0.29, 0.717) is 18.0 Å². The molecule has 4 nitrogen and oxygen atoms in total. The maximum Gasteiger partial charge on any atom is 0.335 e. The molecule has 1 amide bonds. The van der Waals surface area contributed by atoms with Crippen molar-refractivity contribution >= 4 is 23.5 Å². The van der Waals surface area contributed by atoms with Gasteiger partial charge in [0.05, 0.1) is 11.0 Å². The Balaban J connectivity index is 1.56. The number of hydrogen-bond donors (Lipinski definition) is 2. The van der Waals surface area contributed by atoms with E-state index < -0.39 is 11.4 Å². The number of carboxylic acids is 1. The van der Waals surface area contributed by atoms with Gasteiger partial charge in [0.15, 0.2) is 0 Å². The van der Waals surface area contributed by atoms with Crippen LogP contribution in [0.15, 0.2) is 48.5 Å². The second-order valence-electron chi connectivity index (χ2n) is 6.10. The molecule has 5 heteroatoms. The monoisotopic (exact) mass is 343 g/mol. The standard InChI is InChI=1S/C19H18ClNO3/c20-16-7-5-15(6-8-16)19(10-11-19)18(24)21-12-9-13-1-3-14(4-2-13)17(22)23/h1-8H,9-12H2,(H,21,24)(H,22,23). The summed E-state index contributed by atoms with van der Waals surface area (Å²) in [7, 11) is 0. The summed E-state index contributed by atoms with van der Waals surface area (Å²) < 4.78 is 0. The molecule has 3 rings (SSSR count). The predicted octanol–water partition coefficient (Wildman–Crippen LogP) is 3.43. The Labute approximate surface area is 145 Å². The van der Waals surface area contributed by atoms with Crippen LogP contribution in [-0.2, 0) is 16.6 Å². The highest BCUT2D eigenvalue weighted by atomic mass is 35.5. The molecular formula is C19H18ClNO3. The normalized spacial score (nSPS) is 14.9. The van der Waals surface area contributed by atoms with Gasteiger partial charge in [-0.3, -0.25) is 4.79 Å². The number of carbonyl (C=O) groups excluding carboxylic acids is 1. The van der Waals surface area contributed by atoms with E-state index in [-0.39, 0.29) is 11.5 Å². The van der Waals surface area contributed by atoms with Crippen LogP contribution >= 0.6 is 11.6 Å². The van der Waals surface area contributed by atoms with Crippen LogP contribution in [0.25, 0.3) is 0 Å². The maximum absolute atomic E-state index is 12.5. The van der Waals surface area contributed by atoms with Gasteiger partial charge >= 0.3 is 5.97 Å². The molecule has 0 saturated heterocycles. The lowest BCUT2D eigenvalue weighted by Gasteiger charge is -2.16. The quantitative estimate of drug-likeness (QED) is 0.844. The summed E-state index contributed by atoms with van der Waals surface area (Å²) in [5.74, 6) is -0.888. The Kier molecular flexibility index (Phi) is 4.58. The highest BCUT2D eigenvalue weighted by molar-refractivity contribution is 6.30. The van der Waals surface area contributed by atoms with Crippen LogP contribution in [0, 0.1) is 0 Å². The number of hydrogen-bond acceptors (Lipinski definition) is 2. The SMILES string of the molecule is O=C(O)c1ccc(CCNC(=O)C2(c3ccc(Cl)cc3)CC2)cc1. The molecular weight excluding hydrogens is 326 g/mol. The zero-order chi connectivity index (χ0) is 17.2. The zero-order valence-electron chi connectivity index (χ0n) is 13.1. The smallest absolute Gasteiger partial charge is 0.335 e. The van der Waals surface area contributed by atoms with Crippen LogP contribution in [0.3, 0.4) is 0 Å². The van der Waals surface area contributed by atoms with Gasteiger partial charge in [-0.15, -0.1) is 0 Å². The molecule has 0 heterocycles. The first-order valence-corrected chi connectivity index (χ1v) is 8.26. The molecule has 0 unspecified atom stereocenters. The van der Waals surface area contributed by atoms with E-state index in [9.17, 15) is 9.59 Å². The number of carbonyl (C=O) groups is 2. The Bertz CT molecular complexity index is 749. The molecule has 1 fully saturated rings. The van der Waals surface area contributed by atoms with Crippen molar-refractivity contribution in [2.75, 3.05) is 6.54 Å². The molecule has 0 atom stereocenters. The molecule has 0 aliphatic heterocycles. The fourth-order valence-corrected chi connectivity index (χ4v) is 2.97. The third-order valence-corrected chi connectivity index (χ3v) is 4.73. The van der Waals surface area contributed by atoms with Gasteiger partial charge in [-0.1, -0.05) is 35.9 Å². The Morgan fingerprint density at radius 3 is 2.21 bits per heavy atom. The van der Waals surface area contributed by atoms with Gasteiger partial charge in [0.2, 0.25) is 5.91 Å². The van der Waals surface area contributed by atoms with Gasteiger partial charge in [-0.25, -0.2) is 4.79 Å². The van der Waals surface area contributed by atoms with E-state index >= 15 is 0 Å². The molecule has 0 spiro atoms. The lowest BCUT2D eigenvalue weighted by molar-refractivity contribution is -0.123. The number of carboxylic acid groups (broad SMARTS) is 1. The van der Waals surface area contributed by atoms with E-state index in [1.165, 1.54) is 0 Å². The van der Waals surface area contributed by atoms with Crippen molar-refractivity contribution in [3.8, 4) is 0 Å². The van der Waals surface area contributed by atoms with Crippen molar-refractivity contribution in [1.82, 2.24) is 5.32 Å². The third kappa shape index (κ3) is 3.44. The van der Waals surface area contributed by atoms with Crippen molar-refractivity contribution < 1.29 is 14.7 Å². The minimum atomic E-state index is -0.937. The van der Waals surface area contributed by atoms with Gasteiger partial charge in [0, 0.05) is 11.6 Å². The first kappa shape index (κ1) is 16.5. The summed E-state index contributed by atoms with van der Waals surface area (Å²) in [4.78, 5) is 23.3. The van der Waals surface area contributed by atoms with E-state index in [0.717, 1.165) is 24.0 Å². The summed E-state index contributed by atoms with van der Waals surface area (Å²) in [6.45, 7) is 0.528. The highest BCUT2D eigenvalue weighted by Crippen LogP contribution is 2.48. The second kappa shape index (κ2) is 6.65. The maximum atomic E-state index is 12.5. The Morgan fingerprint density at radius 1 is 1.04 bits per heavy atom. The van der Waals surface area contributed by atoms with Crippen molar-refractivity contribution in [1.29, 1.82) is 0 Å². The summed E-state index contributed by atoms with van der Waals surface area (Å²) in [6.07, 6.45) is 2.38. The van der Waals surface area contributed by atoms with Crippen LogP contribution in [0.5, 0.6) is 0 Å². The van der Waals surface area contributed by atoms with Crippen LogP contribution < -0.4 is 5.32 Å². The molecule has 124 valence electrons. The first-order chi connectivity index (χ1) is 11.5. The van der Waals surface area contributed by atoms with Crippen molar-refractivity contribution in [2.24, 2.45) is 0 Å². The summed E-state index contributed by atoms with van der Waals surface area (Å²) in [5.41, 5.74) is 1.87. The molecule has 1 aliphatic rings. The minimum Gasteiger partial charge on any atom is -0.478 e. The highest BCUT2D eigenvalue weighted by Gasteiger charge is 2.50. The number of halogens is 1. The molecule has 24 heavy (non-hydrogen) atoms. The van der Waals surface area contributed by atoms with Crippen molar-refractivity contribution in [3.63, 3.8) is 0 Å². The first-order valence-electron chi connectivity index (χ1n) is 7.88. The lowest BCUT2D eigenvalue weighted by Crippen LogP contribution is -2.35.